The predicted octanol–water partition coefficient (Wildman–Crippen LogP) is 1.39. The molecule has 2 aromatic rings. The minimum Gasteiger partial charge on any atom is -0.490 e. The van der Waals surface area contributed by atoms with Gasteiger partial charge in [-0.3, -0.25) is 0 Å². The lowest BCUT2D eigenvalue weighted by Crippen LogP contribution is -2.21. The molecule has 0 amide bonds. The van der Waals surface area contributed by atoms with Gasteiger partial charge >= 0.3 is 6.01 Å². The summed E-state index contributed by atoms with van der Waals surface area (Å²) in [6.07, 6.45) is 1.36. The number of aryl methyl sites for hydroxylation is 1. The van der Waals surface area contributed by atoms with Gasteiger partial charge in [0.05, 0.1) is 11.4 Å². The number of aromatic nitrogens is 1. The Balaban J connectivity index is 1.88. The molecule has 20 heavy (non-hydrogen) atoms. The van der Waals surface area contributed by atoms with Crippen molar-refractivity contribution in [2.45, 2.75) is 6.92 Å². The maximum Gasteiger partial charge on any atom is 0.308 e. The third-order valence-electron chi connectivity index (χ3n) is 2.39. The lowest BCUT2D eigenvalue weighted by Gasteiger charge is -2.08. The van der Waals surface area contributed by atoms with E-state index in [-0.39, 0.29) is 18.4 Å². The second-order valence-electron chi connectivity index (χ2n) is 4.10. The van der Waals surface area contributed by atoms with Crippen molar-refractivity contribution < 1.29 is 17.6 Å². The van der Waals surface area contributed by atoms with Crippen LogP contribution in [0.25, 0.3) is 0 Å². The van der Waals surface area contributed by atoms with E-state index in [1.807, 2.05) is 0 Å². The normalized spacial score (nSPS) is 11.2. The molecule has 1 aromatic heterocycles. The molecule has 3 N–H and O–H groups in total. The summed E-state index contributed by atoms with van der Waals surface area (Å²) in [5.41, 5.74) is 6.73. The first-order chi connectivity index (χ1) is 9.46. The number of rotatable bonds is 6. The maximum atomic E-state index is 11.8. The topological polar surface area (TPSA) is 107 Å². The largest absolute Gasteiger partial charge is 0.490 e. The average Bonchev–Trinajstić information content (AvgIpc) is 2.76. The van der Waals surface area contributed by atoms with Gasteiger partial charge in [-0.25, -0.2) is 13.1 Å². The number of nitrogen functional groups attached to an aromatic ring is 1. The van der Waals surface area contributed by atoms with E-state index in [1.165, 1.54) is 6.26 Å². The fourth-order valence-corrected chi connectivity index (χ4v) is 2.22. The van der Waals surface area contributed by atoms with Crippen LogP contribution >= 0.6 is 0 Å². The zero-order valence-corrected chi connectivity index (χ0v) is 11.7. The second kappa shape index (κ2) is 5.83. The Bertz CT molecular complexity index is 682. The van der Waals surface area contributed by atoms with Gasteiger partial charge in [0.2, 0.25) is 10.0 Å². The molecule has 2 rings (SSSR count). The van der Waals surface area contributed by atoms with E-state index in [4.69, 9.17) is 14.9 Å². The minimum absolute atomic E-state index is 0.0246. The molecule has 0 aliphatic carbocycles. The molecule has 0 bridgehead atoms. The Morgan fingerprint density at radius 1 is 1.40 bits per heavy atom. The highest BCUT2D eigenvalue weighted by Crippen LogP contribution is 2.19. The van der Waals surface area contributed by atoms with E-state index in [1.54, 1.807) is 31.2 Å². The third kappa shape index (κ3) is 3.89. The molecule has 108 valence electrons. The van der Waals surface area contributed by atoms with Crippen LogP contribution in [-0.2, 0) is 10.0 Å². The first-order valence-corrected chi connectivity index (χ1v) is 7.51. The van der Waals surface area contributed by atoms with E-state index in [0.29, 0.717) is 17.1 Å². The number of anilines is 2. The number of oxazole rings is 1. The number of sulfonamides is 1. The van der Waals surface area contributed by atoms with E-state index >= 15 is 0 Å². The fraction of sp³-hybridized carbons (Fsp3) is 0.250. The highest BCUT2D eigenvalue weighted by molar-refractivity contribution is 7.92. The lowest BCUT2D eigenvalue weighted by atomic mass is 10.3. The van der Waals surface area contributed by atoms with Crippen molar-refractivity contribution in [3.05, 3.63) is 36.2 Å². The molecule has 7 nitrogen and oxygen atoms in total. The molecule has 1 heterocycles. The van der Waals surface area contributed by atoms with Gasteiger partial charge < -0.3 is 14.9 Å². The molecule has 1 aromatic carbocycles. The van der Waals surface area contributed by atoms with Crippen LogP contribution in [-0.4, -0.2) is 25.8 Å². The van der Waals surface area contributed by atoms with Crippen molar-refractivity contribution in [2.24, 2.45) is 0 Å². The maximum absolute atomic E-state index is 11.8. The van der Waals surface area contributed by atoms with E-state index in [0.717, 1.165) is 0 Å². The molecule has 0 saturated carbocycles. The van der Waals surface area contributed by atoms with Crippen LogP contribution < -0.4 is 15.2 Å². The molecular weight excluding hydrogens is 282 g/mol. The highest BCUT2D eigenvalue weighted by atomic mass is 32.2. The monoisotopic (exact) mass is 297 g/mol. The zero-order chi connectivity index (χ0) is 14.6. The van der Waals surface area contributed by atoms with Gasteiger partial charge in [0.15, 0.2) is 0 Å². The number of ether oxygens (including phenoxy) is 1. The molecule has 8 heteroatoms. The van der Waals surface area contributed by atoms with Crippen LogP contribution in [0.2, 0.25) is 0 Å². The number of para-hydroxylation sites is 2. The van der Waals surface area contributed by atoms with Crippen LogP contribution in [0.15, 0.2) is 34.9 Å². The Hall–Kier alpha value is -2.22. The van der Waals surface area contributed by atoms with Gasteiger partial charge in [-0.15, -0.1) is 0 Å². The van der Waals surface area contributed by atoms with E-state index < -0.39 is 10.0 Å². The highest BCUT2D eigenvalue weighted by Gasteiger charge is 2.14. The Labute approximate surface area is 116 Å². The summed E-state index contributed by atoms with van der Waals surface area (Å²) in [6, 6.07) is 6.82. The summed E-state index contributed by atoms with van der Waals surface area (Å²) in [6.45, 7) is 1.67. The van der Waals surface area contributed by atoms with Gasteiger partial charge in [-0.05, 0) is 19.1 Å². The van der Waals surface area contributed by atoms with Crippen LogP contribution in [0.3, 0.4) is 0 Å². The summed E-state index contributed by atoms with van der Waals surface area (Å²) in [5.74, 6) is 0.220. The number of nitrogens with one attached hydrogen (secondary N) is 1. The van der Waals surface area contributed by atoms with Gasteiger partial charge in [0.25, 0.3) is 0 Å². The summed E-state index contributed by atoms with van der Waals surface area (Å²) < 4.78 is 36.0. The van der Waals surface area contributed by atoms with Crippen molar-refractivity contribution >= 4 is 21.7 Å². The molecule has 0 saturated heterocycles. The summed E-state index contributed by atoms with van der Waals surface area (Å²) in [5, 5.41) is 0. The zero-order valence-electron chi connectivity index (χ0n) is 10.9. The molecule has 0 unspecified atom stereocenters. The van der Waals surface area contributed by atoms with Gasteiger partial charge in [-0.2, -0.15) is 4.98 Å². The van der Waals surface area contributed by atoms with Crippen molar-refractivity contribution in [3.8, 4) is 5.75 Å². The number of nitrogens with zero attached hydrogens (tertiary/aromatic N) is 1. The fourth-order valence-electron chi connectivity index (χ4n) is 1.46. The molecule has 0 spiro atoms. The minimum atomic E-state index is -3.58. The van der Waals surface area contributed by atoms with Crippen molar-refractivity contribution in [2.75, 3.05) is 22.8 Å². The van der Waals surface area contributed by atoms with Crippen LogP contribution in [0.1, 0.15) is 5.69 Å². The van der Waals surface area contributed by atoms with E-state index in [2.05, 4.69) is 9.71 Å². The smallest absolute Gasteiger partial charge is 0.308 e. The Morgan fingerprint density at radius 3 is 2.80 bits per heavy atom. The van der Waals surface area contributed by atoms with E-state index in [9.17, 15) is 8.42 Å². The van der Waals surface area contributed by atoms with Crippen LogP contribution in [0.5, 0.6) is 5.75 Å². The summed E-state index contributed by atoms with van der Waals surface area (Å²) in [7, 11) is -3.58. The molecular formula is C12H15N3O4S. The SMILES string of the molecule is Cc1coc(NS(=O)(=O)CCOc2ccccc2N)n1. The van der Waals surface area contributed by atoms with Crippen LogP contribution in [0, 0.1) is 6.92 Å². The first-order valence-electron chi connectivity index (χ1n) is 5.86. The standard InChI is InChI=1S/C12H15N3O4S/c1-9-8-19-12(14-9)15-20(16,17)7-6-18-11-5-3-2-4-10(11)13/h2-5,8H,6-7,13H2,1H3,(H,14,15). The van der Waals surface area contributed by atoms with Crippen molar-refractivity contribution in [3.63, 3.8) is 0 Å². The quantitative estimate of drug-likeness (QED) is 0.780. The van der Waals surface area contributed by atoms with Gasteiger partial charge in [-0.1, -0.05) is 12.1 Å². The summed E-state index contributed by atoms with van der Waals surface area (Å²) >= 11 is 0. The lowest BCUT2D eigenvalue weighted by molar-refractivity contribution is 0.343. The van der Waals surface area contributed by atoms with Crippen molar-refractivity contribution in [1.82, 2.24) is 4.98 Å². The number of benzene rings is 1. The Kier molecular flexibility index (Phi) is 4.14. The molecule has 0 radical (unpaired) electrons. The van der Waals surface area contributed by atoms with Crippen LogP contribution in [0.4, 0.5) is 11.7 Å². The molecule has 0 atom stereocenters. The second-order valence-corrected chi connectivity index (χ2v) is 5.94. The Morgan fingerprint density at radius 2 is 2.15 bits per heavy atom. The van der Waals surface area contributed by atoms with Gasteiger partial charge in [0.1, 0.15) is 24.4 Å². The molecule has 0 aliphatic heterocycles. The number of hydrogen-bond acceptors (Lipinski definition) is 6. The van der Waals surface area contributed by atoms with Crippen molar-refractivity contribution in [1.29, 1.82) is 0 Å². The summed E-state index contributed by atoms with van der Waals surface area (Å²) in [4.78, 5) is 3.86. The third-order valence-corrected chi connectivity index (χ3v) is 3.58. The number of nitrogens with two attached hydrogens (primary N) is 1. The molecule has 0 fully saturated rings. The van der Waals surface area contributed by atoms with Gasteiger partial charge in [0, 0.05) is 0 Å². The predicted molar refractivity (Wildman–Crippen MR) is 75.0 cm³/mol. The number of hydrogen-bond donors (Lipinski definition) is 2. The average molecular weight is 297 g/mol. The molecule has 0 aliphatic rings. The first kappa shape index (κ1) is 14.2.